The number of morpholine rings is 1. The average Bonchev–Trinajstić information content (AvgIpc) is 2.64. The molecule has 0 atom stereocenters. The minimum atomic E-state index is -0.385. The molecule has 2 aliphatic rings. The number of carbonyl (C=O) groups excluding carboxylic acids is 2. The minimum Gasteiger partial charge on any atom is -0.378 e. The molecule has 1 aromatic rings. The zero-order valence-electron chi connectivity index (χ0n) is 14.8. The third-order valence-electron chi connectivity index (χ3n) is 4.88. The molecule has 8 heteroatoms. The summed E-state index contributed by atoms with van der Waals surface area (Å²) in [6, 6.07) is 5.56. The SMILES string of the molecule is O=C(Nc1cccc(F)c1)NC1CC[NH+](CC(=O)N2CCOCC2)CC1. The van der Waals surface area contributed by atoms with Crippen LogP contribution in [0.1, 0.15) is 12.8 Å². The van der Waals surface area contributed by atoms with Crippen molar-refractivity contribution in [2.24, 2.45) is 0 Å². The Morgan fingerprint density at radius 3 is 2.65 bits per heavy atom. The van der Waals surface area contributed by atoms with Gasteiger partial charge in [-0.2, -0.15) is 0 Å². The summed E-state index contributed by atoms with van der Waals surface area (Å²) in [5, 5.41) is 5.57. The lowest BCUT2D eigenvalue weighted by molar-refractivity contribution is -0.897. The second-order valence-corrected chi connectivity index (χ2v) is 6.80. The minimum absolute atomic E-state index is 0.0748. The van der Waals surface area contributed by atoms with Crippen LogP contribution in [0.3, 0.4) is 0 Å². The molecule has 26 heavy (non-hydrogen) atoms. The third-order valence-corrected chi connectivity index (χ3v) is 4.88. The van der Waals surface area contributed by atoms with E-state index in [1.165, 1.54) is 17.0 Å². The van der Waals surface area contributed by atoms with Gasteiger partial charge in [-0.15, -0.1) is 0 Å². The molecule has 2 saturated heterocycles. The summed E-state index contributed by atoms with van der Waals surface area (Å²) in [7, 11) is 0. The van der Waals surface area contributed by atoms with Crippen molar-refractivity contribution in [3.8, 4) is 0 Å². The Morgan fingerprint density at radius 2 is 1.96 bits per heavy atom. The molecule has 0 unspecified atom stereocenters. The van der Waals surface area contributed by atoms with Crippen molar-refractivity contribution in [3.05, 3.63) is 30.1 Å². The fraction of sp³-hybridized carbons (Fsp3) is 0.556. The van der Waals surface area contributed by atoms with Gasteiger partial charge in [-0.1, -0.05) is 6.07 Å². The number of benzene rings is 1. The number of carbonyl (C=O) groups is 2. The number of amides is 3. The lowest BCUT2D eigenvalue weighted by atomic mass is 10.1. The summed E-state index contributed by atoms with van der Waals surface area (Å²) in [5.41, 5.74) is 0.432. The highest BCUT2D eigenvalue weighted by Gasteiger charge is 2.27. The van der Waals surface area contributed by atoms with Gasteiger partial charge in [0.1, 0.15) is 5.82 Å². The summed E-state index contributed by atoms with van der Waals surface area (Å²) in [4.78, 5) is 27.5. The molecule has 2 fully saturated rings. The molecule has 142 valence electrons. The predicted octanol–water partition coefficient (Wildman–Crippen LogP) is -0.147. The van der Waals surface area contributed by atoms with Gasteiger partial charge in [0.15, 0.2) is 6.54 Å². The lowest BCUT2D eigenvalue weighted by Crippen LogP contribution is -3.14. The van der Waals surface area contributed by atoms with Gasteiger partial charge in [0.2, 0.25) is 0 Å². The normalized spacial score (nSPS) is 23.3. The third kappa shape index (κ3) is 5.40. The van der Waals surface area contributed by atoms with Crippen molar-refractivity contribution >= 4 is 17.6 Å². The standard InChI is InChI=1S/C18H25FN4O3/c19-14-2-1-3-16(12-14)21-18(25)20-15-4-6-22(7-5-15)13-17(24)23-8-10-26-11-9-23/h1-3,12,15H,4-11,13H2,(H2,20,21,25)/p+1. The van der Waals surface area contributed by atoms with E-state index in [-0.39, 0.29) is 23.8 Å². The monoisotopic (exact) mass is 365 g/mol. The molecule has 3 N–H and O–H groups in total. The van der Waals surface area contributed by atoms with E-state index in [4.69, 9.17) is 4.74 Å². The molecule has 0 aromatic heterocycles. The number of hydrogen-bond acceptors (Lipinski definition) is 3. The van der Waals surface area contributed by atoms with Crippen LogP contribution < -0.4 is 15.5 Å². The maximum absolute atomic E-state index is 13.1. The highest BCUT2D eigenvalue weighted by atomic mass is 19.1. The number of halogens is 1. The van der Waals surface area contributed by atoms with E-state index < -0.39 is 0 Å². The van der Waals surface area contributed by atoms with E-state index in [0.29, 0.717) is 38.5 Å². The van der Waals surface area contributed by atoms with Gasteiger partial charge in [0.25, 0.3) is 5.91 Å². The smallest absolute Gasteiger partial charge is 0.319 e. The molecule has 0 spiro atoms. The Kier molecular flexibility index (Phi) is 6.40. The van der Waals surface area contributed by atoms with Crippen molar-refractivity contribution in [3.63, 3.8) is 0 Å². The maximum atomic E-state index is 13.1. The number of nitrogens with one attached hydrogen (secondary N) is 3. The van der Waals surface area contributed by atoms with Gasteiger partial charge < -0.3 is 25.2 Å². The van der Waals surface area contributed by atoms with E-state index in [2.05, 4.69) is 10.6 Å². The van der Waals surface area contributed by atoms with Crippen LogP contribution in [-0.2, 0) is 9.53 Å². The van der Waals surface area contributed by atoms with Crippen LogP contribution >= 0.6 is 0 Å². The Hall–Kier alpha value is -2.19. The maximum Gasteiger partial charge on any atom is 0.319 e. The van der Waals surface area contributed by atoms with E-state index in [9.17, 15) is 14.0 Å². The number of hydrogen-bond donors (Lipinski definition) is 3. The zero-order valence-corrected chi connectivity index (χ0v) is 14.8. The van der Waals surface area contributed by atoms with E-state index >= 15 is 0 Å². The van der Waals surface area contributed by atoms with Gasteiger partial charge in [0.05, 0.1) is 26.3 Å². The van der Waals surface area contributed by atoms with E-state index in [1.807, 2.05) is 4.90 Å². The number of piperidine rings is 1. The Labute approximate surface area is 152 Å². The molecule has 0 saturated carbocycles. The fourth-order valence-electron chi connectivity index (χ4n) is 3.40. The summed E-state index contributed by atoms with van der Waals surface area (Å²) in [6.07, 6.45) is 1.64. The van der Waals surface area contributed by atoms with Crippen LogP contribution in [-0.4, -0.2) is 68.8 Å². The van der Waals surface area contributed by atoms with Gasteiger partial charge in [-0.3, -0.25) is 4.79 Å². The van der Waals surface area contributed by atoms with Crippen LogP contribution in [0.15, 0.2) is 24.3 Å². The molecule has 2 heterocycles. The van der Waals surface area contributed by atoms with Crippen LogP contribution in [0.4, 0.5) is 14.9 Å². The first kappa shape index (κ1) is 18.6. The number of urea groups is 1. The molecule has 0 radical (unpaired) electrons. The predicted molar refractivity (Wildman–Crippen MR) is 94.5 cm³/mol. The molecule has 0 bridgehead atoms. The van der Waals surface area contributed by atoms with Crippen molar-refractivity contribution < 1.29 is 23.6 Å². The topological polar surface area (TPSA) is 75.1 Å². The molecule has 1 aromatic carbocycles. The van der Waals surface area contributed by atoms with E-state index in [0.717, 1.165) is 25.9 Å². The van der Waals surface area contributed by atoms with Gasteiger partial charge in [-0.05, 0) is 18.2 Å². The molecular formula is C18H26FN4O3+. The summed E-state index contributed by atoms with van der Waals surface area (Å²) >= 11 is 0. The summed E-state index contributed by atoms with van der Waals surface area (Å²) in [5.74, 6) is -0.205. The van der Waals surface area contributed by atoms with E-state index in [1.54, 1.807) is 12.1 Å². The second-order valence-electron chi connectivity index (χ2n) is 6.80. The van der Waals surface area contributed by atoms with Crippen molar-refractivity contribution in [2.45, 2.75) is 18.9 Å². The summed E-state index contributed by atoms with van der Waals surface area (Å²) < 4.78 is 18.4. The average molecular weight is 365 g/mol. The number of likely N-dealkylation sites (tertiary alicyclic amines) is 1. The van der Waals surface area contributed by atoms with Gasteiger partial charge in [-0.25, -0.2) is 9.18 Å². The van der Waals surface area contributed by atoms with Crippen LogP contribution in [0.25, 0.3) is 0 Å². The molecular weight excluding hydrogens is 339 g/mol. The molecule has 3 rings (SSSR count). The quantitative estimate of drug-likeness (QED) is 0.695. The van der Waals surface area contributed by atoms with Crippen molar-refractivity contribution in [1.82, 2.24) is 10.2 Å². The van der Waals surface area contributed by atoms with Crippen molar-refractivity contribution in [2.75, 3.05) is 51.3 Å². The fourth-order valence-corrected chi connectivity index (χ4v) is 3.40. The Morgan fingerprint density at radius 1 is 1.23 bits per heavy atom. The first-order chi connectivity index (χ1) is 12.6. The Balaban J connectivity index is 1.38. The number of anilines is 1. The zero-order chi connectivity index (χ0) is 18.4. The number of ether oxygens (including phenoxy) is 1. The van der Waals surface area contributed by atoms with Crippen LogP contribution in [0.2, 0.25) is 0 Å². The molecule has 0 aliphatic carbocycles. The van der Waals surface area contributed by atoms with Crippen LogP contribution in [0, 0.1) is 5.82 Å². The molecule has 7 nitrogen and oxygen atoms in total. The highest BCUT2D eigenvalue weighted by Crippen LogP contribution is 2.09. The van der Waals surface area contributed by atoms with Gasteiger partial charge >= 0.3 is 6.03 Å². The number of quaternary nitrogens is 1. The lowest BCUT2D eigenvalue weighted by Gasteiger charge is -2.32. The largest absolute Gasteiger partial charge is 0.378 e. The highest BCUT2D eigenvalue weighted by molar-refractivity contribution is 5.89. The molecule has 2 aliphatic heterocycles. The van der Waals surface area contributed by atoms with Crippen molar-refractivity contribution in [1.29, 1.82) is 0 Å². The van der Waals surface area contributed by atoms with Gasteiger partial charge in [0, 0.05) is 37.7 Å². The number of rotatable bonds is 4. The molecule has 3 amide bonds. The first-order valence-electron chi connectivity index (χ1n) is 9.12. The Bertz CT molecular complexity index is 629. The first-order valence-corrected chi connectivity index (χ1v) is 9.12. The second kappa shape index (κ2) is 8.95. The van der Waals surface area contributed by atoms with Crippen LogP contribution in [0.5, 0.6) is 0 Å². The summed E-state index contributed by atoms with van der Waals surface area (Å²) in [6.45, 7) is 4.79. The number of nitrogens with zero attached hydrogens (tertiary/aromatic N) is 1.